The zero-order valence-corrected chi connectivity index (χ0v) is 17.8. The molecular formula is C25H43BO. The fraction of sp³-hybridized carbons (Fsp3) is 1.00. The highest BCUT2D eigenvalue weighted by Crippen LogP contribution is 2.42. The topological polar surface area (TPSA) is 9.23 Å². The van der Waals surface area contributed by atoms with Gasteiger partial charge in [0.1, 0.15) is 0 Å². The molecule has 0 aliphatic heterocycles. The average molecular weight is 370 g/mol. The van der Waals surface area contributed by atoms with E-state index < -0.39 is 0 Å². The van der Waals surface area contributed by atoms with Crippen LogP contribution in [-0.2, 0) is 4.74 Å². The largest absolute Gasteiger partial charge is 0.378 e. The van der Waals surface area contributed by atoms with Crippen molar-refractivity contribution in [3.63, 3.8) is 0 Å². The molecule has 4 aliphatic rings. The van der Waals surface area contributed by atoms with E-state index in [1.54, 1.807) is 0 Å². The van der Waals surface area contributed by atoms with Crippen LogP contribution in [0.25, 0.3) is 0 Å². The number of hydrogen-bond acceptors (Lipinski definition) is 1. The molecule has 0 amide bonds. The van der Waals surface area contributed by atoms with Crippen molar-refractivity contribution in [2.24, 2.45) is 29.6 Å². The summed E-state index contributed by atoms with van der Waals surface area (Å²) < 4.78 is 6.44. The molecule has 4 saturated carbocycles. The van der Waals surface area contributed by atoms with E-state index in [-0.39, 0.29) is 0 Å². The summed E-state index contributed by atoms with van der Waals surface area (Å²) in [4.78, 5) is 0. The van der Waals surface area contributed by atoms with Crippen LogP contribution < -0.4 is 0 Å². The highest BCUT2D eigenvalue weighted by Gasteiger charge is 2.32. The highest BCUT2D eigenvalue weighted by atomic mass is 16.5. The Balaban J connectivity index is 1.10. The Hall–Kier alpha value is 0.0249. The van der Waals surface area contributed by atoms with Crippen molar-refractivity contribution in [3.8, 4) is 0 Å². The van der Waals surface area contributed by atoms with Crippen LogP contribution in [0.15, 0.2) is 0 Å². The van der Waals surface area contributed by atoms with Gasteiger partial charge in [0.15, 0.2) is 0 Å². The van der Waals surface area contributed by atoms with Gasteiger partial charge in [-0.25, -0.2) is 0 Å². The summed E-state index contributed by atoms with van der Waals surface area (Å²) >= 11 is 0. The summed E-state index contributed by atoms with van der Waals surface area (Å²) in [7, 11) is 6.09. The molecule has 2 radical (unpaired) electrons. The monoisotopic (exact) mass is 370 g/mol. The summed E-state index contributed by atoms with van der Waals surface area (Å²) in [6.07, 6.45) is 24.8. The third-order valence-corrected chi connectivity index (χ3v) is 8.98. The second-order valence-electron chi connectivity index (χ2n) is 10.7. The van der Waals surface area contributed by atoms with E-state index in [2.05, 4.69) is 0 Å². The maximum absolute atomic E-state index is 6.44. The molecule has 0 aromatic heterocycles. The van der Waals surface area contributed by atoms with Gasteiger partial charge in [-0.1, -0.05) is 63.6 Å². The molecule has 2 heteroatoms. The first-order chi connectivity index (χ1) is 13.3. The Labute approximate surface area is 170 Å². The van der Waals surface area contributed by atoms with Gasteiger partial charge in [-0.15, -0.1) is 0 Å². The molecule has 0 aromatic rings. The van der Waals surface area contributed by atoms with Crippen molar-refractivity contribution in [2.45, 2.75) is 121 Å². The summed E-state index contributed by atoms with van der Waals surface area (Å²) in [6.45, 7) is 1.06. The fourth-order valence-electron chi connectivity index (χ4n) is 7.05. The van der Waals surface area contributed by atoms with Gasteiger partial charge in [-0.3, -0.25) is 0 Å². The molecule has 1 nitrogen and oxygen atoms in total. The van der Waals surface area contributed by atoms with Gasteiger partial charge in [-0.2, -0.15) is 0 Å². The van der Waals surface area contributed by atoms with Crippen molar-refractivity contribution in [3.05, 3.63) is 0 Å². The second kappa shape index (κ2) is 10.2. The van der Waals surface area contributed by atoms with E-state index in [1.165, 1.54) is 109 Å². The number of hydrogen-bond donors (Lipinski definition) is 0. The van der Waals surface area contributed by atoms with Crippen LogP contribution in [0.4, 0.5) is 0 Å². The molecular weight excluding hydrogens is 327 g/mol. The second-order valence-corrected chi connectivity index (χ2v) is 10.7. The standard InChI is InChI=1S/C25H43BO/c26-24-14-10-22(11-15-24)23-12-16-25(17-13-23)27-18-19-6-8-21(9-7-19)20-4-2-1-3-5-20/h19-25H,1-18H2. The average Bonchev–Trinajstić information content (AvgIpc) is 2.74. The first-order valence-corrected chi connectivity index (χ1v) is 12.6. The molecule has 152 valence electrons. The molecule has 27 heavy (non-hydrogen) atoms. The number of ether oxygens (including phenoxy) is 1. The maximum Gasteiger partial charge on any atom is 0.0699 e. The van der Waals surface area contributed by atoms with Gasteiger partial charge in [0.05, 0.1) is 14.0 Å². The molecule has 0 unspecified atom stereocenters. The van der Waals surface area contributed by atoms with Gasteiger partial charge in [0.2, 0.25) is 0 Å². The molecule has 0 spiro atoms. The predicted octanol–water partition coefficient (Wildman–Crippen LogP) is 7.10. The summed E-state index contributed by atoms with van der Waals surface area (Å²) in [6, 6.07) is 0. The van der Waals surface area contributed by atoms with Crippen molar-refractivity contribution < 1.29 is 4.74 Å². The minimum atomic E-state index is 0.495. The lowest BCUT2D eigenvalue weighted by atomic mass is 9.66. The molecule has 4 fully saturated rings. The van der Waals surface area contributed by atoms with Crippen molar-refractivity contribution in [1.29, 1.82) is 0 Å². The maximum atomic E-state index is 6.44. The SMILES string of the molecule is [B]C1CCC(C2CCC(OCC3CCC(C4CCCCC4)CC3)CC2)CC1. The summed E-state index contributed by atoms with van der Waals surface area (Å²) in [5.41, 5.74) is 0. The van der Waals surface area contributed by atoms with Gasteiger partial charge in [0.25, 0.3) is 0 Å². The van der Waals surface area contributed by atoms with E-state index in [4.69, 9.17) is 12.6 Å². The zero-order valence-electron chi connectivity index (χ0n) is 17.8. The van der Waals surface area contributed by atoms with Gasteiger partial charge in [-0.05, 0) is 81.0 Å². The van der Waals surface area contributed by atoms with Crippen LogP contribution in [-0.4, -0.2) is 20.6 Å². The van der Waals surface area contributed by atoms with Gasteiger partial charge >= 0.3 is 0 Å². The van der Waals surface area contributed by atoms with Crippen molar-refractivity contribution in [2.75, 3.05) is 6.61 Å². The minimum Gasteiger partial charge on any atom is -0.378 e. The summed E-state index contributed by atoms with van der Waals surface area (Å²) in [5.74, 6) is 5.44. The van der Waals surface area contributed by atoms with E-state index in [9.17, 15) is 0 Å². The third-order valence-electron chi connectivity index (χ3n) is 8.98. The van der Waals surface area contributed by atoms with Crippen molar-refractivity contribution in [1.82, 2.24) is 0 Å². The van der Waals surface area contributed by atoms with Crippen LogP contribution in [0, 0.1) is 29.6 Å². The molecule has 4 aliphatic carbocycles. The minimum absolute atomic E-state index is 0.495. The van der Waals surface area contributed by atoms with E-state index in [0.29, 0.717) is 11.9 Å². The number of rotatable bonds is 5. The Morgan fingerprint density at radius 2 is 1.00 bits per heavy atom. The van der Waals surface area contributed by atoms with E-state index >= 15 is 0 Å². The quantitative estimate of drug-likeness (QED) is 0.469. The van der Waals surface area contributed by atoms with Crippen LogP contribution >= 0.6 is 0 Å². The van der Waals surface area contributed by atoms with Crippen LogP contribution in [0.2, 0.25) is 5.82 Å². The molecule has 0 aromatic carbocycles. The van der Waals surface area contributed by atoms with Crippen molar-refractivity contribution >= 4 is 7.85 Å². The molecule has 0 saturated heterocycles. The molecule has 0 atom stereocenters. The predicted molar refractivity (Wildman–Crippen MR) is 115 cm³/mol. The molecule has 0 N–H and O–H groups in total. The molecule has 0 bridgehead atoms. The fourth-order valence-corrected chi connectivity index (χ4v) is 7.05. The molecule has 0 heterocycles. The lowest BCUT2D eigenvalue weighted by molar-refractivity contribution is -0.0182. The third kappa shape index (κ3) is 5.77. The van der Waals surface area contributed by atoms with Crippen LogP contribution in [0.3, 0.4) is 0 Å². The van der Waals surface area contributed by atoms with E-state index in [1.807, 2.05) is 0 Å². The lowest BCUT2D eigenvalue weighted by Gasteiger charge is -2.38. The highest BCUT2D eigenvalue weighted by molar-refractivity contribution is 6.11. The van der Waals surface area contributed by atoms with E-state index in [0.717, 1.165) is 36.2 Å². The van der Waals surface area contributed by atoms with Gasteiger partial charge < -0.3 is 4.74 Å². The normalized spacial score (nSPS) is 42.1. The smallest absolute Gasteiger partial charge is 0.0699 e. The first-order valence-electron chi connectivity index (χ1n) is 12.6. The summed E-state index contributed by atoms with van der Waals surface area (Å²) in [5, 5.41) is 0. The molecule has 4 rings (SSSR count). The Morgan fingerprint density at radius 1 is 0.519 bits per heavy atom. The Morgan fingerprint density at radius 3 is 1.59 bits per heavy atom. The van der Waals surface area contributed by atoms with Crippen LogP contribution in [0.1, 0.15) is 109 Å². The Kier molecular flexibility index (Phi) is 7.65. The lowest BCUT2D eigenvalue weighted by Crippen LogP contribution is -2.30. The van der Waals surface area contributed by atoms with Crippen LogP contribution in [0.5, 0.6) is 0 Å². The van der Waals surface area contributed by atoms with Gasteiger partial charge in [0, 0.05) is 6.61 Å². The first kappa shape index (κ1) is 20.3. The Bertz CT molecular complexity index is 408. The zero-order chi connectivity index (χ0) is 18.5.